The van der Waals surface area contributed by atoms with Gasteiger partial charge >= 0.3 is 0 Å². The maximum Gasteiger partial charge on any atom is 0.268 e. The summed E-state index contributed by atoms with van der Waals surface area (Å²) in [6.45, 7) is 3.18. The lowest BCUT2D eigenvalue weighted by Crippen LogP contribution is -2.47. The number of hydrogen-bond donors (Lipinski definition) is 1. The van der Waals surface area contributed by atoms with Crippen LogP contribution in [0.2, 0.25) is 0 Å². The highest BCUT2D eigenvalue weighted by molar-refractivity contribution is 6.25. The molecule has 1 aliphatic rings. The largest absolute Gasteiger partial charge is 0.411 e. The molecule has 68 valence electrons. The Morgan fingerprint density at radius 3 is 2.50 bits per heavy atom. The van der Waals surface area contributed by atoms with Crippen LogP contribution in [-0.2, 0) is 4.79 Å². The molecule has 12 heavy (non-hydrogen) atoms. The summed E-state index contributed by atoms with van der Waals surface area (Å²) in [5.41, 5.74) is 0. The molecule has 1 amide bonds. The minimum absolute atomic E-state index is 0.217. The van der Waals surface area contributed by atoms with Gasteiger partial charge in [-0.05, 0) is 7.05 Å². The van der Waals surface area contributed by atoms with Crippen molar-refractivity contribution in [2.24, 2.45) is 5.16 Å². The second kappa shape index (κ2) is 4.06. The predicted octanol–water partition coefficient (Wildman–Crippen LogP) is -0.780. The van der Waals surface area contributed by atoms with Crippen LogP contribution >= 0.6 is 0 Å². The Hall–Kier alpha value is -1.10. The quantitative estimate of drug-likeness (QED) is 0.320. The van der Waals surface area contributed by atoms with Crippen LogP contribution in [0.25, 0.3) is 0 Å². The zero-order valence-electron chi connectivity index (χ0n) is 7.10. The normalized spacial score (nSPS) is 20.2. The highest BCUT2D eigenvalue weighted by Crippen LogP contribution is 1.97. The molecule has 0 unspecified atom stereocenters. The first kappa shape index (κ1) is 8.99. The third-order valence-electron chi connectivity index (χ3n) is 1.98. The molecule has 0 aromatic heterocycles. The van der Waals surface area contributed by atoms with Crippen molar-refractivity contribution in [3.63, 3.8) is 0 Å². The molecule has 0 aromatic rings. The smallest absolute Gasteiger partial charge is 0.268 e. The summed E-state index contributed by atoms with van der Waals surface area (Å²) in [6, 6.07) is 0. The van der Waals surface area contributed by atoms with E-state index in [0.29, 0.717) is 13.1 Å². The Bertz CT molecular complexity index is 185. The molecule has 0 radical (unpaired) electrons. The Kier molecular flexibility index (Phi) is 3.04. The van der Waals surface area contributed by atoms with Crippen LogP contribution in [0.1, 0.15) is 0 Å². The summed E-state index contributed by atoms with van der Waals surface area (Å²) in [6.07, 6.45) is 0.936. The summed E-state index contributed by atoms with van der Waals surface area (Å²) >= 11 is 0. The van der Waals surface area contributed by atoms with Crippen molar-refractivity contribution in [2.45, 2.75) is 0 Å². The average molecular weight is 171 g/mol. The van der Waals surface area contributed by atoms with Gasteiger partial charge in [-0.3, -0.25) is 4.79 Å². The summed E-state index contributed by atoms with van der Waals surface area (Å²) in [4.78, 5) is 14.9. The second-order valence-electron chi connectivity index (χ2n) is 2.87. The lowest BCUT2D eigenvalue weighted by molar-refractivity contribution is -0.125. The number of carbonyl (C=O) groups excluding carboxylic acids is 1. The van der Waals surface area contributed by atoms with E-state index in [1.165, 1.54) is 0 Å². The van der Waals surface area contributed by atoms with E-state index >= 15 is 0 Å². The molecule has 1 N–H and O–H groups in total. The van der Waals surface area contributed by atoms with Crippen molar-refractivity contribution >= 4 is 12.1 Å². The van der Waals surface area contributed by atoms with Crippen molar-refractivity contribution in [3.8, 4) is 0 Å². The van der Waals surface area contributed by atoms with Gasteiger partial charge in [-0.15, -0.1) is 0 Å². The van der Waals surface area contributed by atoms with Gasteiger partial charge in [-0.2, -0.15) is 0 Å². The van der Waals surface area contributed by atoms with Crippen molar-refractivity contribution in [1.29, 1.82) is 0 Å². The highest BCUT2D eigenvalue weighted by Gasteiger charge is 2.17. The van der Waals surface area contributed by atoms with Crippen LogP contribution in [-0.4, -0.2) is 60.4 Å². The summed E-state index contributed by atoms with van der Waals surface area (Å²) in [5, 5.41) is 10.8. The first-order valence-corrected chi connectivity index (χ1v) is 3.89. The molecule has 1 aliphatic heterocycles. The molecule has 5 heteroatoms. The number of rotatable bonds is 1. The van der Waals surface area contributed by atoms with E-state index in [1.807, 2.05) is 7.05 Å². The van der Waals surface area contributed by atoms with E-state index in [2.05, 4.69) is 10.1 Å². The number of amides is 1. The van der Waals surface area contributed by atoms with Gasteiger partial charge in [0.2, 0.25) is 0 Å². The molecule has 5 nitrogen and oxygen atoms in total. The molecule has 0 atom stereocenters. The summed E-state index contributed by atoms with van der Waals surface area (Å²) in [5.74, 6) is -0.217. The van der Waals surface area contributed by atoms with Crippen LogP contribution < -0.4 is 0 Å². The lowest BCUT2D eigenvalue weighted by atomic mass is 10.3. The zero-order valence-corrected chi connectivity index (χ0v) is 7.10. The minimum atomic E-state index is -0.217. The maximum atomic E-state index is 11.1. The molecule has 0 aliphatic carbocycles. The van der Waals surface area contributed by atoms with Crippen LogP contribution in [0.3, 0.4) is 0 Å². The highest BCUT2D eigenvalue weighted by atomic mass is 16.4. The number of nitrogens with zero attached hydrogens (tertiary/aromatic N) is 3. The second-order valence-corrected chi connectivity index (χ2v) is 2.87. The monoisotopic (exact) mass is 171 g/mol. The minimum Gasteiger partial charge on any atom is -0.411 e. The van der Waals surface area contributed by atoms with E-state index < -0.39 is 0 Å². The zero-order chi connectivity index (χ0) is 8.97. The van der Waals surface area contributed by atoms with Gasteiger partial charge in [-0.25, -0.2) is 0 Å². The fourth-order valence-electron chi connectivity index (χ4n) is 1.16. The van der Waals surface area contributed by atoms with Crippen molar-refractivity contribution in [3.05, 3.63) is 0 Å². The standard InChI is InChI=1S/C7H13N3O2/c1-9-2-4-10(5-3-9)7(11)6-8-12/h6,12H,2-5H2,1H3/b8-6-. The maximum absolute atomic E-state index is 11.1. The number of hydrogen-bond acceptors (Lipinski definition) is 4. The van der Waals surface area contributed by atoms with Crippen LogP contribution in [0.4, 0.5) is 0 Å². The van der Waals surface area contributed by atoms with Crippen LogP contribution in [0.5, 0.6) is 0 Å². The molecule has 0 saturated carbocycles. The van der Waals surface area contributed by atoms with Crippen LogP contribution in [0, 0.1) is 0 Å². The molecule has 1 fully saturated rings. The van der Waals surface area contributed by atoms with Gasteiger partial charge in [0.15, 0.2) is 0 Å². The molecule has 1 heterocycles. The number of piperazine rings is 1. The van der Waals surface area contributed by atoms with Gasteiger partial charge in [0.25, 0.3) is 5.91 Å². The van der Waals surface area contributed by atoms with Gasteiger partial charge < -0.3 is 15.0 Å². The molecule has 0 bridgehead atoms. The Labute approximate surface area is 71.2 Å². The molecular formula is C7H13N3O2. The first-order chi connectivity index (χ1) is 5.74. The first-order valence-electron chi connectivity index (χ1n) is 3.89. The molecular weight excluding hydrogens is 158 g/mol. The van der Waals surface area contributed by atoms with E-state index in [-0.39, 0.29) is 5.91 Å². The molecule has 0 aromatic carbocycles. The fraction of sp³-hybridized carbons (Fsp3) is 0.714. The predicted molar refractivity (Wildman–Crippen MR) is 44.4 cm³/mol. The number of oxime groups is 1. The average Bonchev–Trinajstić information content (AvgIpc) is 2.06. The van der Waals surface area contributed by atoms with E-state index in [0.717, 1.165) is 19.3 Å². The topological polar surface area (TPSA) is 56.1 Å². The Balaban J connectivity index is 2.39. The van der Waals surface area contributed by atoms with E-state index in [4.69, 9.17) is 5.21 Å². The lowest BCUT2D eigenvalue weighted by Gasteiger charge is -2.31. The Morgan fingerprint density at radius 2 is 2.00 bits per heavy atom. The van der Waals surface area contributed by atoms with E-state index in [9.17, 15) is 4.79 Å². The summed E-state index contributed by atoms with van der Waals surface area (Å²) < 4.78 is 0. The van der Waals surface area contributed by atoms with Crippen LogP contribution in [0.15, 0.2) is 5.16 Å². The molecule has 1 saturated heterocycles. The number of carbonyl (C=O) groups is 1. The third kappa shape index (κ3) is 2.20. The molecule has 1 rings (SSSR count). The van der Waals surface area contributed by atoms with Gasteiger partial charge in [0.05, 0.1) is 0 Å². The molecule has 0 spiro atoms. The van der Waals surface area contributed by atoms with Crippen molar-refractivity contribution < 1.29 is 10.0 Å². The number of likely N-dealkylation sites (N-methyl/N-ethyl adjacent to an activating group) is 1. The van der Waals surface area contributed by atoms with Crippen molar-refractivity contribution in [2.75, 3.05) is 33.2 Å². The Morgan fingerprint density at radius 1 is 1.42 bits per heavy atom. The SMILES string of the molecule is CN1CCN(C(=O)/C=N\O)CC1. The summed E-state index contributed by atoms with van der Waals surface area (Å²) in [7, 11) is 2.02. The third-order valence-corrected chi connectivity index (χ3v) is 1.98. The van der Waals surface area contributed by atoms with E-state index in [1.54, 1.807) is 4.90 Å². The van der Waals surface area contributed by atoms with Gasteiger partial charge in [-0.1, -0.05) is 5.16 Å². The fourth-order valence-corrected chi connectivity index (χ4v) is 1.16. The van der Waals surface area contributed by atoms with Gasteiger partial charge in [0.1, 0.15) is 6.21 Å². The van der Waals surface area contributed by atoms with Crippen molar-refractivity contribution in [1.82, 2.24) is 9.80 Å². The van der Waals surface area contributed by atoms with Gasteiger partial charge in [0, 0.05) is 26.2 Å².